The van der Waals surface area contributed by atoms with Gasteiger partial charge in [0.2, 0.25) is 0 Å². The van der Waals surface area contributed by atoms with Gasteiger partial charge in [-0.1, -0.05) is 26.8 Å². The molecule has 0 aromatic heterocycles. The van der Waals surface area contributed by atoms with E-state index in [1.807, 2.05) is 6.08 Å². The van der Waals surface area contributed by atoms with Crippen LogP contribution in [-0.4, -0.2) is 37.9 Å². The number of ether oxygens (including phenoxy) is 3. The molecule has 5 heteroatoms. The van der Waals surface area contributed by atoms with Crippen molar-refractivity contribution in [2.45, 2.75) is 104 Å². The Labute approximate surface area is 212 Å². The van der Waals surface area contributed by atoms with Crippen LogP contribution in [0.1, 0.15) is 91.9 Å². The lowest BCUT2D eigenvalue weighted by atomic mass is 9.43. The van der Waals surface area contributed by atoms with Gasteiger partial charge >= 0.3 is 11.9 Å². The number of methoxy groups -OCH3 is 1. The molecule has 35 heavy (non-hydrogen) atoms. The zero-order valence-electron chi connectivity index (χ0n) is 22.7. The lowest BCUT2D eigenvalue weighted by Crippen LogP contribution is -2.59. The van der Waals surface area contributed by atoms with Gasteiger partial charge in [-0.15, -0.1) is 6.58 Å². The molecular weight excluding hydrogens is 440 g/mol. The van der Waals surface area contributed by atoms with Crippen molar-refractivity contribution >= 4 is 11.9 Å². The Morgan fingerprint density at radius 2 is 1.77 bits per heavy atom. The molecule has 0 spiro atoms. The zero-order chi connectivity index (χ0) is 25.4. The molecule has 4 rings (SSSR count). The van der Waals surface area contributed by atoms with Gasteiger partial charge in [0.25, 0.3) is 0 Å². The Kier molecular flexibility index (Phi) is 8.05. The smallest absolute Gasteiger partial charge is 0.305 e. The lowest BCUT2D eigenvalue weighted by Gasteiger charge is -2.63. The summed E-state index contributed by atoms with van der Waals surface area (Å²) < 4.78 is 17.2. The van der Waals surface area contributed by atoms with Crippen LogP contribution < -0.4 is 0 Å². The van der Waals surface area contributed by atoms with E-state index in [-0.39, 0.29) is 23.5 Å². The van der Waals surface area contributed by atoms with Crippen LogP contribution in [0.15, 0.2) is 12.7 Å². The number of rotatable bonds is 8. The third-order valence-electron chi connectivity index (χ3n) is 11.2. The van der Waals surface area contributed by atoms with Gasteiger partial charge in [-0.2, -0.15) is 0 Å². The molecule has 0 bridgehead atoms. The van der Waals surface area contributed by atoms with Gasteiger partial charge in [-0.05, 0) is 98.2 Å². The van der Waals surface area contributed by atoms with Crippen LogP contribution in [0.5, 0.6) is 0 Å². The predicted molar refractivity (Wildman–Crippen MR) is 137 cm³/mol. The van der Waals surface area contributed by atoms with Gasteiger partial charge in [0.05, 0.1) is 19.8 Å². The van der Waals surface area contributed by atoms with E-state index in [1.165, 1.54) is 39.2 Å². The molecule has 5 nitrogen and oxygen atoms in total. The van der Waals surface area contributed by atoms with Crippen molar-refractivity contribution in [3.05, 3.63) is 12.7 Å². The van der Waals surface area contributed by atoms with Gasteiger partial charge in [-0.25, -0.2) is 0 Å². The summed E-state index contributed by atoms with van der Waals surface area (Å²) in [4.78, 5) is 24.0. The SMILES string of the molecule is C=CCOC1CCC2(C)C(C1)CC(OC(C)=O)C1C2CCC2(C)C1CCC2[C@H](C)CCC(=O)OC. The molecular formula is C30H48O5. The highest BCUT2D eigenvalue weighted by atomic mass is 16.5. The standard InChI is InChI=1S/C30H48O5/c1-7-16-34-22-12-14-29(4)21(17-22)18-26(35-20(3)31)28-24-10-9-23(19(2)8-11-27(32)33-6)30(24,5)15-13-25(28)29/h7,19,21-26,28H,1,8-18H2,2-6H3/t19-,21?,22?,23?,24?,25?,26?,28?,29?,30?/m1/s1. The van der Waals surface area contributed by atoms with E-state index in [9.17, 15) is 9.59 Å². The first-order valence-corrected chi connectivity index (χ1v) is 14.1. The second-order valence-corrected chi connectivity index (χ2v) is 12.7. The lowest BCUT2D eigenvalue weighted by molar-refractivity contribution is -0.196. The molecule has 9 unspecified atom stereocenters. The predicted octanol–water partition coefficient (Wildman–Crippen LogP) is 6.35. The maximum Gasteiger partial charge on any atom is 0.305 e. The van der Waals surface area contributed by atoms with Crippen LogP contribution in [0.3, 0.4) is 0 Å². The minimum atomic E-state index is -0.138. The fourth-order valence-electron chi connectivity index (χ4n) is 9.47. The summed E-state index contributed by atoms with van der Waals surface area (Å²) in [7, 11) is 1.48. The van der Waals surface area contributed by atoms with Crippen molar-refractivity contribution in [3.8, 4) is 0 Å². The largest absolute Gasteiger partial charge is 0.469 e. The number of fused-ring (bicyclic) bond motifs is 5. The van der Waals surface area contributed by atoms with Crippen LogP contribution in [-0.2, 0) is 23.8 Å². The average Bonchev–Trinajstić information content (AvgIpc) is 3.18. The van der Waals surface area contributed by atoms with E-state index in [2.05, 4.69) is 27.4 Å². The summed E-state index contributed by atoms with van der Waals surface area (Å²) in [5.41, 5.74) is 0.549. The number of hydrogen-bond donors (Lipinski definition) is 0. The quantitative estimate of drug-likeness (QED) is 0.294. The molecule has 0 radical (unpaired) electrons. The van der Waals surface area contributed by atoms with Crippen LogP contribution in [0.4, 0.5) is 0 Å². The average molecular weight is 489 g/mol. The number of carbonyl (C=O) groups excluding carboxylic acids is 2. The minimum Gasteiger partial charge on any atom is -0.469 e. The fourth-order valence-corrected chi connectivity index (χ4v) is 9.47. The van der Waals surface area contributed by atoms with Crippen LogP contribution in [0.25, 0.3) is 0 Å². The van der Waals surface area contributed by atoms with Crippen molar-refractivity contribution in [1.82, 2.24) is 0 Å². The highest BCUT2D eigenvalue weighted by Crippen LogP contribution is 2.68. The molecule has 0 N–H and O–H groups in total. The zero-order valence-corrected chi connectivity index (χ0v) is 22.7. The third kappa shape index (κ3) is 4.95. The fraction of sp³-hybridized carbons (Fsp3) is 0.867. The topological polar surface area (TPSA) is 61.8 Å². The maximum absolute atomic E-state index is 12.3. The highest BCUT2D eigenvalue weighted by molar-refractivity contribution is 5.69. The van der Waals surface area contributed by atoms with E-state index in [0.717, 1.165) is 25.7 Å². The van der Waals surface area contributed by atoms with E-state index in [4.69, 9.17) is 14.2 Å². The summed E-state index contributed by atoms with van der Waals surface area (Å²) >= 11 is 0. The molecule has 4 aliphatic rings. The van der Waals surface area contributed by atoms with Crippen molar-refractivity contribution in [2.75, 3.05) is 13.7 Å². The molecule has 0 amide bonds. The second-order valence-electron chi connectivity index (χ2n) is 12.7. The van der Waals surface area contributed by atoms with Gasteiger partial charge in [-0.3, -0.25) is 9.59 Å². The van der Waals surface area contributed by atoms with E-state index >= 15 is 0 Å². The molecule has 4 saturated carbocycles. The summed E-state index contributed by atoms with van der Waals surface area (Å²) in [5.74, 6) is 3.05. The molecule has 0 aliphatic heterocycles. The third-order valence-corrected chi connectivity index (χ3v) is 11.2. The molecule has 0 aromatic rings. The first kappa shape index (κ1) is 26.7. The first-order valence-electron chi connectivity index (χ1n) is 14.1. The van der Waals surface area contributed by atoms with Crippen molar-refractivity contribution in [2.24, 2.45) is 46.3 Å². The summed E-state index contributed by atoms with van der Waals surface area (Å²) in [6, 6.07) is 0. The Morgan fingerprint density at radius 1 is 1.06 bits per heavy atom. The molecule has 0 heterocycles. The van der Waals surface area contributed by atoms with Gasteiger partial charge in [0.15, 0.2) is 0 Å². The van der Waals surface area contributed by atoms with E-state index in [1.54, 1.807) is 6.92 Å². The molecule has 0 aromatic carbocycles. The van der Waals surface area contributed by atoms with E-state index in [0.29, 0.717) is 60.1 Å². The number of esters is 2. The van der Waals surface area contributed by atoms with Crippen molar-refractivity contribution in [3.63, 3.8) is 0 Å². The van der Waals surface area contributed by atoms with Crippen molar-refractivity contribution < 1.29 is 23.8 Å². The first-order chi connectivity index (χ1) is 16.6. The summed E-state index contributed by atoms with van der Waals surface area (Å²) in [6.07, 6.45) is 12.8. The monoisotopic (exact) mass is 488 g/mol. The Hall–Kier alpha value is -1.36. The summed E-state index contributed by atoms with van der Waals surface area (Å²) in [5, 5.41) is 0. The minimum absolute atomic E-state index is 0.0162. The molecule has 4 aliphatic carbocycles. The normalized spacial score (nSPS) is 43.3. The van der Waals surface area contributed by atoms with Gasteiger partial charge in [0.1, 0.15) is 6.10 Å². The van der Waals surface area contributed by atoms with Crippen LogP contribution in [0.2, 0.25) is 0 Å². The van der Waals surface area contributed by atoms with Crippen LogP contribution >= 0.6 is 0 Å². The van der Waals surface area contributed by atoms with Gasteiger partial charge in [0, 0.05) is 19.3 Å². The number of carbonyl (C=O) groups is 2. The molecule has 10 atom stereocenters. The molecule has 198 valence electrons. The molecule has 4 fully saturated rings. The van der Waals surface area contributed by atoms with Crippen LogP contribution in [0, 0.1) is 46.3 Å². The summed E-state index contributed by atoms with van der Waals surface area (Å²) in [6.45, 7) is 13.4. The number of hydrogen-bond acceptors (Lipinski definition) is 5. The van der Waals surface area contributed by atoms with E-state index < -0.39 is 0 Å². The highest BCUT2D eigenvalue weighted by Gasteiger charge is 2.63. The second kappa shape index (κ2) is 10.6. The Balaban J connectivity index is 1.56. The Morgan fingerprint density at radius 3 is 2.46 bits per heavy atom. The molecule has 0 saturated heterocycles. The maximum atomic E-state index is 12.3. The Bertz CT molecular complexity index is 794. The van der Waals surface area contributed by atoms with Gasteiger partial charge < -0.3 is 14.2 Å². The van der Waals surface area contributed by atoms with Crippen molar-refractivity contribution in [1.29, 1.82) is 0 Å².